The quantitative estimate of drug-likeness (QED) is 0.437. The van der Waals surface area contributed by atoms with Crippen molar-refractivity contribution in [3.8, 4) is 0 Å². The molecule has 0 saturated carbocycles. The number of carbonyl (C=O) groups is 1. The Morgan fingerprint density at radius 3 is 2.44 bits per heavy atom. The number of aryl methyl sites for hydroxylation is 2. The van der Waals surface area contributed by atoms with E-state index in [9.17, 15) is 9.18 Å². The summed E-state index contributed by atoms with van der Waals surface area (Å²) in [5.74, 6) is 0.0587. The molecule has 1 aromatic heterocycles. The third kappa shape index (κ3) is 13.7. The third-order valence-electron chi connectivity index (χ3n) is 3.87. The molecule has 4 nitrogen and oxygen atoms in total. The molecule has 2 rings (SSSR count). The van der Waals surface area contributed by atoms with Crippen molar-refractivity contribution in [2.24, 2.45) is 5.92 Å². The molecular weight excluding hydrogens is 338 g/mol. The molecule has 150 valence electrons. The normalized spacial score (nSPS) is 12.6. The number of hydrogen-bond donors (Lipinski definition) is 2. The number of carboxylic acids is 1. The number of aromatic nitrogens is 1. The molecule has 0 bridgehead atoms. The summed E-state index contributed by atoms with van der Waals surface area (Å²) in [5, 5.41) is 11.5. The Balaban J connectivity index is 0. The smallest absolute Gasteiger partial charge is 0.481 e. The van der Waals surface area contributed by atoms with Crippen molar-refractivity contribution in [3.63, 3.8) is 0 Å². The van der Waals surface area contributed by atoms with E-state index in [2.05, 4.69) is 43.2 Å². The summed E-state index contributed by atoms with van der Waals surface area (Å²) < 4.78 is 10.7. The second-order valence-electron chi connectivity index (χ2n) is 6.22. The number of alkyl halides is 1. The first-order chi connectivity index (χ1) is 12.5. The molecule has 0 spiro atoms. The van der Waals surface area contributed by atoms with Crippen LogP contribution < -0.4 is 24.2 Å². The molecule has 1 aromatic rings. The van der Waals surface area contributed by atoms with Gasteiger partial charge in [0.15, 0.2) is 0 Å². The molecule has 2 N–H and O–H groups in total. The van der Waals surface area contributed by atoms with Gasteiger partial charge >= 0.3 is 24.8 Å². The van der Waals surface area contributed by atoms with Crippen LogP contribution in [0.15, 0.2) is 12.1 Å². The minimum absolute atomic E-state index is 0. The van der Waals surface area contributed by atoms with Crippen molar-refractivity contribution in [1.82, 2.24) is 4.98 Å². The molecule has 0 radical (unpaired) electrons. The number of pyridine rings is 1. The van der Waals surface area contributed by atoms with Crippen LogP contribution in [-0.4, -0.2) is 29.3 Å². The fraction of sp³-hybridized carbons (Fsp3) is 0.571. The molecule has 1 aliphatic rings. The van der Waals surface area contributed by atoms with Crippen LogP contribution >= 0.6 is 0 Å². The number of carboxylic acid groups (broad SMARTS) is 1. The van der Waals surface area contributed by atoms with Crippen LogP contribution in [-0.2, 0) is 17.6 Å². The first-order valence-electron chi connectivity index (χ1n) is 9.39. The summed E-state index contributed by atoms with van der Waals surface area (Å²) in [6.07, 6.45) is 7.80. The fourth-order valence-corrected chi connectivity index (χ4v) is 2.11. The van der Waals surface area contributed by atoms with E-state index in [1.807, 2.05) is 0 Å². The molecule has 6 heteroatoms. The number of unbranched alkanes of at least 4 members (excludes halogenated alkanes) is 2. The molecule has 0 aromatic carbocycles. The number of aliphatic carboxylic acids is 1. The van der Waals surface area contributed by atoms with E-state index in [0.717, 1.165) is 25.2 Å². The van der Waals surface area contributed by atoms with Crippen LogP contribution in [0.2, 0.25) is 0 Å². The monoisotopic (exact) mass is 372 g/mol. The Kier molecular flexibility index (Phi) is 19.1. The molecule has 0 saturated heterocycles. The van der Waals surface area contributed by atoms with Gasteiger partial charge in [-0.05, 0) is 30.9 Å². The standard InChI is InChI=1S/C13H19N2.C5H9O2.C3H6F.Li/c1-2-3-4-7-12-9-8-11-6-5-10-14-13(11)15-12;1-3-4(2)5(6)7;1-2-3-4;/h8-9H,1-7,10H2,(H,14,15);4H,1,3H2,2H3,(H,6,7);1-3H2;/q3*-1;+1/t;4-;;/m.0../s1. The Morgan fingerprint density at radius 2 is 1.96 bits per heavy atom. The van der Waals surface area contributed by atoms with Gasteiger partial charge in [0, 0.05) is 18.2 Å². The van der Waals surface area contributed by atoms with E-state index in [1.54, 1.807) is 6.92 Å². The molecule has 0 amide bonds. The SMILES string of the molecule is [CH2-]CCCCc1ccc2c(n1)NCCC2.[CH2-]CCF.[CH2-]C[C@H](C)C(=O)O.[Li+]. The number of nitrogens with zero attached hydrogens (tertiary/aromatic N) is 1. The maximum Gasteiger partial charge on any atom is 1.00 e. The minimum atomic E-state index is -0.769. The van der Waals surface area contributed by atoms with Crippen molar-refractivity contribution < 1.29 is 33.2 Å². The Hall–Kier alpha value is -1.05. The van der Waals surface area contributed by atoms with Gasteiger partial charge in [-0.15, -0.1) is 0 Å². The van der Waals surface area contributed by atoms with Crippen LogP contribution in [0.3, 0.4) is 0 Å². The minimum Gasteiger partial charge on any atom is -0.481 e. The van der Waals surface area contributed by atoms with Crippen molar-refractivity contribution in [2.45, 2.75) is 58.3 Å². The van der Waals surface area contributed by atoms with Crippen molar-refractivity contribution in [1.29, 1.82) is 0 Å². The predicted molar refractivity (Wildman–Crippen MR) is 107 cm³/mol. The molecule has 0 aliphatic carbocycles. The maximum absolute atomic E-state index is 10.7. The van der Waals surface area contributed by atoms with Gasteiger partial charge in [-0.25, -0.2) is 4.98 Å². The number of halogens is 1. The zero-order valence-corrected chi connectivity index (χ0v) is 17.1. The average molecular weight is 372 g/mol. The second-order valence-corrected chi connectivity index (χ2v) is 6.22. The average Bonchev–Trinajstić information content (AvgIpc) is 2.68. The van der Waals surface area contributed by atoms with E-state index in [1.165, 1.54) is 36.9 Å². The van der Waals surface area contributed by atoms with Crippen LogP contribution in [0.1, 0.15) is 56.7 Å². The van der Waals surface area contributed by atoms with Crippen LogP contribution in [0.5, 0.6) is 0 Å². The van der Waals surface area contributed by atoms with Gasteiger partial charge in [-0.3, -0.25) is 9.18 Å². The molecular formula is C21H34FLiN2O2-2. The summed E-state index contributed by atoms with van der Waals surface area (Å²) in [6.45, 7) is 12.9. The summed E-state index contributed by atoms with van der Waals surface area (Å²) >= 11 is 0. The van der Waals surface area contributed by atoms with E-state index in [4.69, 9.17) is 5.11 Å². The summed E-state index contributed by atoms with van der Waals surface area (Å²) in [7, 11) is 0. The topological polar surface area (TPSA) is 62.2 Å². The van der Waals surface area contributed by atoms with Gasteiger partial charge in [-0.2, -0.15) is 19.3 Å². The van der Waals surface area contributed by atoms with Gasteiger partial charge in [0.25, 0.3) is 0 Å². The van der Waals surface area contributed by atoms with Crippen LogP contribution in [0, 0.1) is 26.7 Å². The maximum atomic E-state index is 10.7. The van der Waals surface area contributed by atoms with E-state index in [-0.39, 0.29) is 31.5 Å². The van der Waals surface area contributed by atoms with Gasteiger partial charge in [0.05, 0.1) is 6.67 Å². The predicted octanol–water partition coefficient (Wildman–Crippen LogP) is 2.10. The first-order valence-corrected chi connectivity index (χ1v) is 9.39. The summed E-state index contributed by atoms with van der Waals surface area (Å²) in [5.41, 5.74) is 2.60. The number of hydrogen-bond acceptors (Lipinski definition) is 3. The Morgan fingerprint density at radius 1 is 1.30 bits per heavy atom. The van der Waals surface area contributed by atoms with Crippen LogP contribution in [0.25, 0.3) is 0 Å². The number of fused-ring (bicyclic) bond motifs is 1. The van der Waals surface area contributed by atoms with Crippen LogP contribution in [0.4, 0.5) is 10.2 Å². The summed E-state index contributed by atoms with van der Waals surface area (Å²) in [4.78, 5) is 14.5. The third-order valence-corrected chi connectivity index (χ3v) is 3.87. The molecule has 1 atom stereocenters. The largest absolute Gasteiger partial charge is 1.00 e. The fourth-order valence-electron chi connectivity index (χ4n) is 2.11. The zero-order chi connectivity index (χ0) is 19.8. The summed E-state index contributed by atoms with van der Waals surface area (Å²) in [6, 6.07) is 4.41. The van der Waals surface area contributed by atoms with Crippen molar-refractivity contribution >= 4 is 11.8 Å². The first kappa shape index (κ1) is 28.2. The number of rotatable bonds is 7. The van der Waals surface area contributed by atoms with Gasteiger partial charge in [0.2, 0.25) is 0 Å². The van der Waals surface area contributed by atoms with E-state index in [0.29, 0.717) is 12.8 Å². The second kappa shape index (κ2) is 18.3. The molecule has 27 heavy (non-hydrogen) atoms. The Bertz CT molecular complexity index is 499. The van der Waals surface area contributed by atoms with Gasteiger partial charge in [0.1, 0.15) is 5.82 Å². The Labute approximate surface area is 176 Å². The van der Waals surface area contributed by atoms with Crippen molar-refractivity contribution in [3.05, 3.63) is 44.2 Å². The van der Waals surface area contributed by atoms with Gasteiger partial charge in [-0.1, -0.05) is 25.8 Å². The zero-order valence-electron chi connectivity index (χ0n) is 17.1. The van der Waals surface area contributed by atoms with E-state index < -0.39 is 5.97 Å². The number of nitrogens with one attached hydrogen (secondary N) is 1. The molecule has 0 unspecified atom stereocenters. The molecule has 2 heterocycles. The number of anilines is 1. The van der Waals surface area contributed by atoms with E-state index >= 15 is 0 Å². The molecule has 0 fully saturated rings. The van der Waals surface area contributed by atoms with Crippen molar-refractivity contribution in [2.75, 3.05) is 18.5 Å². The van der Waals surface area contributed by atoms with Gasteiger partial charge < -0.3 is 31.2 Å². The molecule has 1 aliphatic heterocycles.